The molecule has 1 heterocycles. The monoisotopic (exact) mass is 256 g/mol. The molecule has 0 aromatic carbocycles. The summed E-state index contributed by atoms with van der Waals surface area (Å²) in [6.07, 6.45) is 5.32. The normalized spacial score (nSPS) is 19.4. The van der Waals surface area contributed by atoms with Crippen molar-refractivity contribution < 1.29 is 14.3 Å². The molecule has 0 aromatic rings. The van der Waals surface area contributed by atoms with E-state index in [-0.39, 0.29) is 18.0 Å². The van der Waals surface area contributed by atoms with E-state index in [1.165, 1.54) is 7.11 Å². The predicted octanol–water partition coefficient (Wildman–Crippen LogP) is 1.91. The summed E-state index contributed by atoms with van der Waals surface area (Å²) in [5.74, 6) is -0.242. The van der Waals surface area contributed by atoms with Crippen LogP contribution in [0.5, 0.6) is 0 Å². The van der Waals surface area contributed by atoms with Crippen LogP contribution in [0.25, 0.3) is 0 Å². The van der Waals surface area contributed by atoms with Gasteiger partial charge >= 0.3 is 12.0 Å². The molecule has 1 unspecified atom stereocenters. The van der Waals surface area contributed by atoms with Gasteiger partial charge in [-0.1, -0.05) is 13.3 Å². The van der Waals surface area contributed by atoms with E-state index in [1.807, 2.05) is 0 Å². The Labute approximate surface area is 109 Å². The van der Waals surface area contributed by atoms with Gasteiger partial charge in [0.1, 0.15) is 0 Å². The van der Waals surface area contributed by atoms with Crippen molar-refractivity contribution in [1.82, 2.24) is 10.2 Å². The minimum absolute atomic E-state index is 0.00664. The molecule has 2 amide bonds. The van der Waals surface area contributed by atoms with E-state index in [0.717, 1.165) is 38.6 Å². The maximum absolute atomic E-state index is 12.0. The van der Waals surface area contributed by atoms with Gasteiger partial charge < -0.3 is 15.0 Å². The number of hydrogen-bond acceptors (Lipinski definition) is 3. The molecule has 5 heteroatoms. The predicted molar refractivity (Wildman–Crippen MR) is 69.3 cm³/mol. The summed E-state index contributed by atoms with van der Waals surface area (Å²) in [7, 11) is 1.39. The Hall–Kier alpha value is -1.26. The fourth-order valence-corrected chi connectivity index (χ4v) is 2.23. The maximum Gasteiger partial charge on any atom is 0.317 e. The maximum atomic E-state index is 12.0. The second-order valence-electron chi connectivity index (χ2n) is 4.71. The minimum atomic E-state index is -0.242. The summed E-state index contributed by atoms with van der Waals surface area (Å²) < 4.78 is 4.68. The lowest BCUT2D eigenvalue weighted by atomic mass is 10.00. The first-order chi connectivity index (χ1) is 8.69. The molecule has 0 radical (unpaired) electrons. The average molecular weight is 256 g/mol. The Morgan fingerprint density at radius 3 is 2.83 bits per heavy atom. The number of urea groups is 1. The van der Waals surface area contributed by atoms with Gasteiger partial charge in [0, 0.05) is 19.1 Å². The van der Waals surface area contributed by atoms with E-state index in [4.69, 9.17) is 0 Å². The van der Waals surface area contributed by atoms with Gasteiger partial charge in [0.15, 0.2) is 0 Å². The van der Waals surface area contributed by atoms with Gasteiger partial charge in [0.25, 0.3) is 0 Å². The molecule has 18 heavy (non-hydrogen) atoms. The zero-order valence-corrected chi connectivity index (χ0v) is 11.4. The molecule has 0 saturated carbocycles. The first-order valence-electron chi connectivity index (χ1n) is 6.80. The number of piperidine rings is 1. The number of hydrogen-bond donors (Lipinski definition) is 1. The smallest absolute Gasteiger partial charge is 0.317 e. The number of rotatable bonds is 5. The summed E-state index contributed by atoms with van der Waals surface area (Å²) >= 11 is 0. The second-order valence-corrected chi connectivity index (χ2v) is 4.71. The molecule has 0 spiro atoms. The third-order valence-electron chi connectivity index (χ3n) is 3.32. The molecular formula is C13H24N2O3. The van der Waals surface area contributed by atoms with Crippen LogP contribution >= 0.6 is 0 Å². The Kier molecular flexibility index (Phi) is 6.54. The number of unbranched alkanes of at least 4 members (excludes halogenated alkanes) is 1. The summed E-state index contributed by atoms with van der Waals surface area (Å²) in [5.41, 5.74) is 0. The number of carbonyl (C=O) groups excluding carboxylic acids is 2. The first-order valence-corrected chi connectivity index (χ1v) is 6.80. The van der Waals surface area contributed by atoms with Crippen LogP contribution in [0.4, 0.5) is 4.79 Å². The van der Waals surface area contributed by atoms with Gasteiger partial charge in [-0.3, -0.25) is 4.79 Å². The van der Waals surface area contributed by atoms with Gasteiger partial charge in [0.05, 0.1) is 13.5 Å². The van der Waals surface area contributed by atoms with Crippen LogP contribution in [-0.2, 0) is 9.53 Å². The SMILES string of the molecule is CCCCNC(=O)N1CCCCC1CC(=O)OC. The summed E-state index contributed by atoms with van der Waals surface area (Å²) in [6, 6.07) is -0.0510. The van der Waals surface area contributed by atoms with Gasteiger partial charge in [-0.05, 0) is 25.7 Å². The highest BCUT2D eigenvalue weighted by Crippen LogP contribution is 2.20. The van der Waals surface area contributed by atoms with E-state index in [1.54, 1.807) is 4.90 Å². The van der Waals surface area contributed by atoms with Gasteiger partial charge in [-0.2, -0.15) is 0 Å². The molecule has 104 valence electrons. The molecule has 0 aliphatic carbocycles. The van der Waals surface area contributed by atoms with E-state index < -0.39 is 0 Å². The van der Waals surface area contributed by atoms with E-state index >= 15 is 0 Å². The number of esters is 1. The molecule has 1 atom stereocenters. The van der Waals surface area contributed by atoms with Crippen LogP contribution in [0.1, 0.15) is 45.4 Å². The van der Waals surface area contributed by atoms with Gasteiger partial charge in [-0.15, -0.1) is 0 Å². The second kappa shape index (κ2) is 7.95. The van der Waals surface area contributed by atoms with Crippen LogP contribution in [0.2, 0.25) is 0 Å². The fourth-order valence-electron chi connectivity index (χ4n) is 2.23. The van der Waals surface area contributed by atoms with Gasteiger partial charge in [-0.25, -0.2) is 4.79 Å². The van der Waals surface area contributed by atoms with Gasteiger partial charge in [0.2, 0.25) is 0 Å². The first kappa shape index (κ1) is 14.8. The number of likely N-dealkylation sites (tertiary alicyclic amines) is 1. The van der Waals surface area contributed by atoms with Crippen LogP contribution in [0.3, 0.4) is 0 Å². The zero-order valence-electron chi connectivity index (χ0n) is 11.4. The highest BCUT2D eigenvalue weighted by Gasteiger charge is 2.28. The van der Waals surface area contributed by atoms with Crippen molar-refractivity contribution in [3.05, 3.63) is 0 Å². The van der Waals surface area contributed by atoms with Crippen LogP contribution in [0.15, 0.2) is 0 Å². The zero-order chi connectivity index (χ0) is 13.4. The van der Waals surface area contributed by atoms with E-state index in [9.17, 15) is 9.59 Å². The molecule has 0 bridgehead atoms. The lowest BCUT2D eigenvalue weighted by Gasteiger charge is -2.35. The van der Waals surface area contributed by atoms with E-state index in [0.29, 0.717) is 13.0 Å². The highest BCUT2D eigenvalue weighted by atomic mass is 16.5. The Morgan fingerprint density at radius 1 is 1.39 bits per heavy atom. The Balaban J connectivity index is 2.47. The molecule has 0 aromatic heterocycles. The van der Waals surface area contributed by atoms with Crippen molar-refractivity contribution in [3.63, 3.8) is 0 Å². The van der Waals surface area contributed by atoms with Crippen molar-refractivity contribution in [3.8, 4) is 0 Å². The third-order valence-corrected chi connectivity index (χ3v) is 3.32. The largest absolute Gasteiger partial charge is 0.469 e. The average Bonchev–Trinajstić information content (AvgIpc) is 2.39. The molecule has 1 fully saturated rings. The van der Waals surface area contributed by atoms with E-state index in [2.05, 4.69) is 17.0 Å². The third kappa shape index (κ3) is 4.55. The Bertz CT molecular complexity index is 281. The molecule has 1 aliphatic rings. The Morgan fingerprint density at radius 2 is 2.17 bits per heavy atom. The van der Waals surface area contributed by atoms with Crippen molar-refractivity contribution in [2.24, 2.45) is 0 Å². The number of ether oxygens (including phenoxy) is 1. The summed E-state index contributed by atoms with van der Waals surface area (Å²) in [5, 5.41) is 2.91. The van der Waals surface area contributed by atoms with Crippen molar-refractivity contribution in [1.29, 1.82) is 0 Å². The number of carbonyl (C=O) groups is 2. The summed E-state index contributed by atoms with van der Waals surface area (Å²) in [6.45, 7) is 3.53. The topological polar surface area (TPSA) is 58.6 Å². The number of nitrogens with zero attached hydrogens (tertiary/aromatic N) is 1. The molecule has 1 rings (SSSR count). The number of amides is 2. The molecule has 5 nitrogen and oxygen atoms in total. The quantitative estimate of drug-likeness (QED) is 0.604. The minimum Gasteiger partial charge on any atom is -0.469 e. The number of nitrogens with one attached hydrogen (secondary N) is 1. The molecular weight excluding hydrogens is 232 g/mol. The van der Waals surface area contributed by atoms with Crippen LogP contribution in [-0.4, -0.2) is 43.1 Å². The number of methoxy groups -OCH3 is 1. The highest BCUT2D eigenvalue weighted by molar-refractivity contribution is 5.76. The standard InChI is InChI=1S/C13H24N2O3/c1-3-4-8-14-13(17)15-9-6-5-7-11(15)10-12(16)18-2/h11H,3-10H2,1-2H3,(H,14,17). The molecule has 1 saturated heterocycles. The fraction of sp³-hybridized carbons (Fsp3) is 0.846. The lowest BCUT2D eigenvalue weighted by molar-refractivity contribution is -0.142. The summed E-state index contributed by atoms with van der Waals surface area (Å²) in [4.78, 5) is 25.1. The van der Waals surface area contributed by atoms with Crippen LogP contribution < -0.4 is 5.32 Å². The van der Waals surface area contributed by atoms with Crippen molar-refractivity contribution >= 4 is 12.0 Å². The van der Waals surface area contributed by atoms with Crippen LogP contribution in [0, 0.1) is 0 Å². The lowest BCUT2D eigenvalue weighted by Crippen LogP contribution is -2.49. The van der Waals surface area contributed by atoms with Crippen molar-refractivity contribution in [2.75, 3.05) is 20.2 Å². The molecule has 1 aliphatic heterocycles. The molecule has 1 N–H and O–H groups in total. The van der Waals surface area contributed by atoms with Crippen molar-refractivity contribution in [2.45, 2.75) is 51.5 Å².